The summed E-state index contributed by atoms with van der Waals surface area (Å²) in [6, 6.07) is 5.53. The van der Waals surface area contributed by atoms with Crippen molar-refractivity contribution >= 4 is 22.9 Å². The zero-order chi connectivity index (χ0) is 14.5. The van der Waals surface area contributed by atoms with Gasteiger partial charge in [-0.25, -0.2) is 14.8 Å². The Bertz CT molecular complexity index is 625. The molecular formula is C15H20N4O. The van der Waals surface area contributed by atoms with Crippen molar-refractivity contribution in [2.24, 2.45) is 0 Å². The molecule has 0 saturated heterocycles. The lowest BCUT2D eigenvalue weighted by molar-refractivity contribution is 0.252. The third kappa shape index (κ3) is 3.44. The number of hydrogen-bond donors (Lipinski definition) is 2. The van der Waals surface area contributed by atoms with Crippen LogP contribution in [0.5, 0.6) is 0 Å². The van der Waals surface area contributed by atoms with E-state index in [1.165, 1.54) is 0 Å². The molecule has 0 radical (unpaired) electrons. The largest absolute Gasteiger partial charge is 0.338 e. The van der Waals surface area contributed by atoms with Gasteiger partial charge in [-0.2, -0.15) is 0 Å². The number of amides is 2. The Labute approximate surface area is 118 Å². The van der Waals surface area contributed by atoms with E-state index in [0.717, 1.165) is 29.5 Å². The fraction of sp³-hybridized carbons (Fsp3) is 0.400. The quantitative estimate of drug-likeness (QED) is 0.840. The van der Waals surface area contributed by atoms with Gasteiger partial charge in [-0.1, -0.05) is 13.3 Å². The number of urea groups is 1. The third-order valence-electron chi connectivity index (χ3n) is 3.07. The summed E-state index contributed by atoms with van der Waals surface area (Å²) in [5, 5.41) is 6.53. The van der Waals surface area contributed by atoms with Gasteiger partial charge in [0.15, 0.2) is 5.65 Å². The minimum atomic E-state index is -0.227. The van der Waals surface area contributed by atoms with E-state index >= 15 is 0 Å². The molecule has 2 amide bonds. The number of hydrogen-bond acceptors (Lipinski definition) is 3. The molecule has 106 valence electrons. The maximum absolute atomic E-state index is 11.7. The molecule has 0 aliphatic carbocycles. The van der Waals surface area contributed by atoms with Gasteiger partial charge in [-0.3, -0.25) is 5.32 Å². The summed E-state index contributed by atoms with van der Waals surface area (Å²) in [5.41, 5.74) is 2.72. The lowest BCUT2D eigenvalue weighted by Crippen LogP contribution is -2.29. The van der Waals surface area contributed by atoms with E-state index in [4.69, 9.17) is 0 Å². The van der Waals surface area contributed by atoms with Crippen molar-refractivity contribution in [1.82, 2.24) is 15.3 Å². The minimum Gasteiger partial charge on any atom is -0.338 e. The van der Waals surface area contributed by atoms with Crippen molar-refractivity contribution < 1.29 is 4.79 Å². The Hall–Kier alpha value is -2.17. The molecule has 0 fully saturated rings. The number of unbranched alkanes of at least 4 members (excludes halogenated alkanes) is 1. The van der Waals surface area contributed by atoms with E-state index in [0.29, 0.717) is 18.0 Å². The van der Waals surface area contributed by atoms with Crippen LogP contribution < -0.4 is 10.6 Å². The van der Waals surface area contributed by atoms with Crippen molar-refractivity contribution in [2.75, 3.05) is 11.9 Å². The zero-order valence-corrected chi connectivity index (χ0v) is 12.2. The van der Waals surface area contributed by atoms with Crippen LogP contribution in [0.15, 0.2) is 18.2 Å². The Morgan fingerprint density at radius 3 is 2.80 bits per heavy atom. The predicted molar refractivity (Wildman–Crippen MR) is 80.9 cm³/mol. The molecule has 2 aromatic heterocycles. The third-order valence-corrected chi connectivity index (χ3v) is 3.07. The van der Waals surface area contributed by atoms with Gasteiger partial charge < -0.3 is 5.32 Å². The fourth-order valence-electron chi connectivity index (χ4n) is 2.04. The number of nitrogens with one attached hydrogen (secondary N) is 2. The van der Waals surface area contributed by atoms with E-state index in [1.54, 1.807) is 6.07 Å². The number of carbonyl (C=O) groups excluding carboxylic acids is 1. The van der Waals surface area contributed by atoms with Crippen LogP contribution in [0, 0.1) is 13.8 Å². The molecule has 0 bridgehead atoms. The van der Waals surface area contributed by atoms with E-state index in [-0.39, 0.29) is 6.03 Å². The average Bonchev–Trinajstić information content (AvgIpc) is 2.38. The highest BCUT2D eigenvalue weighted by Gasteiger charge is 2.06. The maximum Gasteiger partial charge on any atom is 0.320 e. The summed E-state index contributed by atoms with van der Waals surface area (Å²) in [7, 11) is 0. The normalized spacial score (nSPS) is 10.6. The standard InChI is InChI=1S/C15H20N4O/c1-4-5-8-16-15(20)19-13-7-6-12-10(2)9-11(3)17-14(12)18-13/h6-7,9H,4-5,8H2,1-3H3,(H2,16,17,18,19,20). The number of rotatable bonds is 4. The highest BCUT2D eigenvalue weighted by molar-refractivity contribution is 5.90. The first-order valence-corrected chi connectivity index (χ1v) is 6.90. The minimum absolute atomic E-state index is 0.227. The lowest BCUT2D eigenvalue weighted by atomic mass is 10.1. The molecule has 5 nitrogen and oxygen atoms in total. The monoisotopic (exact) mass is 272 g/mol. The molecule has 2 aromatic rings. The first kappa shape index (κ1) is 14.2. The summed E-state index contributed by atoms with van der Waals surface area (Å²) in [4.78, 5) is 20.5. The Balaban J connectivity index is 2.13. The molecule has 0 spiro atoms. The number of aryl methyl sites for hydroxylation is 2. The molecule has 0 unspecified atom stereocenters. The molecule has 0 atom stereocenters. The van der Waals surface area contributed by atoms with E-state index in [1.807, 2.05) is 26.0 Å². The summed E-state index contributed by atoms with van der Waals surface area (Å²) < 4.78 is 0. The SMILES string of the molecule is CCCCNC(=O)Nc1ccc2c(C)cc(C)nc2n1. The summed E-state index contributed by atoms with van der Waals surface area (Å²) in [5.74, 6) is 0.518. The van der Waals surface area contributed by atoms with Crippen LogP contribution in [0.1, 0.15) is 31.0 Å². The topological polar surface area (TPSA) is 66.9 Å². The molecular weight excluding hydrogens is 252 g/mol. The highest BCUT2D eigenvalue weighted by Crippen LogP contribution is 2.18. The van der Waals surface area contributed by atoms with Crippen LogP contribution in [-0.4, -0.2) is 22.5 Å². The Kier molecular flexibility index (Phi) is 4.50. The summed E-state index contributed by atoms with van der Waals surface area (Å²) in [6.07, 6.45) is 2.02. The number of aromatic nitrogens is 2. The fourth-order valence-corrected chi connectivity index (χ4v) is 2.04. The molecule has 0 aromatic carbocycles. The van der Waals surface area contributed by atoms with Crippen LogP contribution >= 0.6 is 0 Å². The first-order chi connectivity index (χ1) is 9.60. The van der Waals surface area contributed by atoms with Gasteiger partial charge in [0.25, 0.3) is 0 Å². The number of pyridine rings is 2. The van der Waals surface area contributed by atoms with Crippen LogP contribution in [0.4, 0.5) is 10.6 Å². The second-order valence-electron chi connectivity index (χ2n) is 4.88. The Morgan fingerprint density at radius 2 is 2.05 bits per heavy atom. The number of anilines is 1. The van der Waals surface area contributed by atoms with Gasteiger partial charge in [0.1, 0.15) is 5.82 Å². The van der Waals surface area contributed by atoms with Crippen LogP contribution in [0.3, 0.4) is 0 Å². The molecule has 2 N–H and O–H groups in total. The van der Waals surface area contributed by atoms with Crippen molar-refractivity contribution in [1.29, 1.82) is 0 Å². The molecule has 0 aliphatic heterocycles. The van der Waals surface area contributed by atoms with Crippen LogP contribution in [0.25, 0.3) is 11.0 Å². The molecule has 2 heterocycles. The maximum atomic E-state index is 11.7. The lowest BCUT2D eigenvalue weighted by Gasteiger charge is -2.08. The van der Waals surface area contributed by atoms with Crippen LogP contribution in [0.2, 0.25) is 0 Å². The van der Waals surface area contributed by atoms with Crippen molar-refractivity contribution in [3.05, 3.63) is 29.5 Å². The number of fused-ring (bicyclic) bond motifs is 1. The smallest absolute Gasteiger partial charge is 0.320 e. The van der Waals surface area contributed by atoms with Crippen molar-refractivity contribution in [3.63, 3.8) is 0 Å². The summed E-state index contributed by atoms with van der Waals surface area (Å²) in [6.45, 7) is 6.72. The number of carbonyl (C=O) groups is 1. The van der Waals surface area contributed by atoms with Crippen LogP contribution in [-0.2, 0) is 0 Å². The first-order valence-electron chi connectivity index (χ1n) is 6.90. The van der Waals surface area contributed by atoms with Crippen molar-refractivity contribution in [3.8, 4) is 0 Å². The number of nitrogens with zero attached hydrogens (tertiary/aromatic N) is 2. The Morgan fingerprint density at radius 1 is 1.25 bits per heavy atom. The predicted octanol–water partition coefficient (Wildman–Crippen LogP) is 3.17. The molecule has 2 rings (SSSR count). The van der Waals surface area contributed by atoms with Gasteiger partial charge in [0, 0.05) is 17.6 Å². The summed E-state index contributed by atoms with van der Waals surface area (Å²) >= 11 is 0. The van der Waals surface area contributed by atoms with E-state index in [9.17, 15) is 4.79 Å². The highest BCUT2D eigenvalue weighted by atomic mass is 16.2. The van der Waals surface area contributed by atoms with Gasteiger partial charge >= 0.3 is 6.03 Å². The molecule has 20 heavy (non-hydrogen) atoms. The van der Waals surface area contributed by atoms with Gasteiger partial charge in [0.05, 0.1) is 0 Å². The van der Waals surface area contributed by atoms with Gasteiger partial charge in [-0.05, 0) is 44.0 Å². The molecule has 0 saturated carbocycles. The van der Waals surface area contributed by atoms with E-state index in [2.05, 4.69) is 27.5 Å². The molecule has 0 aliphatic rings. The molecule has 5 heteroatoms. The zero-order valence-electron chi connectivity index (χ0n) is 12.2. The average molecular weight is 272 g/mol. The second kappa shape index (κ2) is 6.32. The van der Waals surface area contributed by atoms with Gasteiger partial charge in [-0.15, -0.1) is 0 Å². The second-order valence-corrected chi connectivity index (χ2v) is 4.88. The van der Waals surface area contributed by atoms with Crippen molar-refractivity contribution in [2.45, 2.75) is 33.6 Å². The van der Waals surface area contributed by atoms with E-state index < -0.39 is 0 Å². The van der Waals surface area contributed by atoms with Gasteiger partial charge in [0.2, 0.25) is 0 Å².